The molecule has 0 spiro atoms. The van der Waals surface area contributed by atoms with Crippen LogP contribution in [0, 0.1) is 5.92 Å². The van der Waals surface area contributed by atoms with Crippen molar-refractivity contribution in [2.45, 2.75) is 19.3 Å². The highest BCUT2D eigenvalue weighted by atomic mass is 16.2. The predicted molar refractivity (Wildman–Crippen MR) is 40.7 cm³/mol. The van der Waals surface area contributed by atoms with Gasteiger partial charge in [0.25, 0.3) is 0 Å². The minimum absolute atomic E-state index is 0.0369. The summed E-state index contributed by atoms with van der Waals surface area (Å²) in [6, 6.07) is 0. The standard InChI is InChI=1S/C8H11NO2/c1-2-3-6-4-5-7(10)9-8(6)11/h2,6H,1,3-5H2,(H,9,10,11)/t6-/m0/s1. The van der Waals surface area contributed by atoms with Gasteiger partial charge in [-0.25, -0.2) is 0 Å². The lowest BCUT2D eigenvalue weighted by atomic mass is 9.95. The molecule has 11 heavy (non-hydrogen) atoms. The van der Waals surface area contributed by atoms with Gasteiger partial charge >= 0.3 is 0 Å². The van der Waals surface area contributed by atoms with E-state index < -0.39 is 0 Å². The zero-order valence-corrected chi connectivity index (χ0v) is 6.30. The van der Waals surface area contributed by atoms with Gasteiger partial charge in [0.05, 0.1) is 0 Å². The molecule has 2 amide bonds. The second-order valence-corrected chi connectivity index (χ2v) is 2.67. The number of rotatable bonds is 2. The van der Waals surface area contributed by atoms with Gasteiger partial charge in [-0.05, 0) is 12.8 Å². The molecule has 3 nitrogen and oxygen atoms in total. The van der Waals surface area contributed by atoms with E-state index in [9.17, 15) is 9.59 Å². The summed E-state index contributed by atoms with van der Waals surface area (Å²) in [5.41, 5.74) is 0. The molecule has 0 radical (unpaired) electrons. The summed E-state index contributed by atoms with van der Waals surface area (Å²) in [5.74, 6) is -0.346. The normalized spacial score (nSPS) is 24.5. The zero-order chi connectivity index (χ0) is 8.27. The van der Waals surface area contributed by atoms with Gasteiger partial charge in [0, 0.05) is 12.3 Å². The largest absolute Gasteiger partial charge is 0.296 e. The Kier molecular flexibility index (Phi) is 2.41. The SMILES string of the molecule is C=CC[C@H]1CCC(=O)NC1=O. The quantitative estimate of drug-likeness (QED) is 0.467. The molecule has 1 atom stereocenters. The van der Waals surface area contributed by atoms with Crippen LogP contribution in [-0.4, -0.2) is 11.8 Å². The number of imide groups is 1. The minimum Gasteiger partial charge on any atom is -0.296 e. The first-order chi connectivity index (χ1) is 5.24. The fraction of sp³-hybridized carbons (Fsp3) is 0.500. The number of hydrogen-bond acceptors (Lipinski definition) is 2. The van der Waals surface area contributed by atoms with Crippen LogP contribution in [-0.2, 0) is 9.59 Å². The Morgan fingerprint density at radius 2 is 2.36 bits per heavy atom. The molecule has 1 saturated heterocycles. The maximum atomic E-state index is 11.0. The van der Waals surface area contributed by atoms with Crippen LogP contribution >= 0.6 is 0 Å². The third kappa shape index (κ3) is 1.90. The van der Waals surface area contributed by atoms with Gasteiger partial charge in [-0.3, -0.25) is 14.9 Å². The molecule has 1 N–H and O–H groups in total. The van der Waals surface area contributed by atoms with Crippen molar-refractivity contribution in [1.29, 1.82) is 0 Å². The highest BCUT2D eigenvalue weighted by Crippen LogP contribution is 2.15. The second-order valence-electron chi connectivity index (χ2n) is 2.67. The number of nitrogens with one attached hydrogen (secondary N) is 1. The first-order valence-electron chi connectivity index (χ1n) is 3.68. The Bertz CT molecular complexity index is 198. The number of carbonyl (C=O) groups is 2. The molecule has 60 valence electrons. The average molecular weight is 153 g/mol. The minimum atomic E-state index is -0.157. The third-order valence-electron chi connectivity index (χ3n) is 1.80. The van der Waals surface area contributed by atoms with Crippen molar-refractivity contribution < 1.29 is 9.59 Å². The number of piperidine rings is 1. The van der Waals surface area contributed by atoms with E-state index in [1.165, 1.54) is 0 Å². The number of carbonyl (C=O) groups excluding carboxylic acids is 2. The van der Waals surface area contributed by atoms with Crippen molar-refractivity contribution in [3.05, 3.63) is 12.7 Å². The van der Waals surface area contributed by atoms with E-state index in [0.29, 0.717) is 19.3 Å². The van der Waals surface area contributed by atoms with Crippen molar-refractivity contribution in [2.75, 3.05) is 0 Å². The molecule has 1 aliphatic rings. The molecule has 1 heterocycles. The van der Waals surface area contributed by atoms with E-state index in [0.717, 1.165) is 0 Å². The van der Waals surface area contributed by atoms with E-state index in [1.807, 2.05) is 0 Å². The van der Waals surface area contributed by atoms with E-state index in [2.05, 4.69) is 11.9 Å². The van der Waals surface area contributed by atoms with Crippen LogP contribution < -0.4 is 5.32 Å². The zero-order valence-electron chi connectivity index (χ0n) is 6.30. The van der Waals surface area contributed by atoms with Crippen LogP contribution in [0.5, 0.6) is 0 Å². The molecule has 0 aromatic rings. The fourth-order valence-electron chi connectivity index (χ4n) is 1.16. The van der Waals surface area contributed by atoms with Crippen molar-refractivity contribution in [1.82, 2.24) is 5.32 Å². The summed E-state index contributed by atoms with van der Waals surface area (Å²) >= 11 is 0. The Labute approximate surface area is 65.5 Å². The highest BCUT2D eigenvalue weighted by molar-refractivity contribution is 5.98. The average Bonchev–Trinajstić information content (AvgIpc) is 1.95. The van der Waals surface area contributed by atoms with Crippen LogP contribution in [0.15, 0.2) is 12.7 Å². The van der Waals surface area contributed by atoms with Crippen LogP contribution in [0.25, 0.3) is 0 Å². The summed E-state index contributed by atoms with van der Waals surface area (Å²) in [4.78, 5) is 21.7. The molecule has 0 unspecified atom stereocenters. The van der Waals surface area contributed by atoms with Gasteiger partial charge in [0.1, 0.15) is 0 Å². The molecule has 0 saturated carbocycles. The fourth-order valence-corrected chi connectivity index (χ4v) is 1.16. The maximum absolute atomic E-state index is 11.0. The molecular weight excluding hydrogens is 142 g/mol. The lowest BCUT2D eigenvalue weighted by Crippen LogP contribution is -2.40. The summed E-state index contributed by atoms with van der Waals surface area (Å²) in [7, 11) is 0. The summed E-state index contributed by atoms with van der Waals surface area (Å²) in [5, 5.41) is 2.29. The second kappa shape index (κ2) is 3.32. The Hall–Kier alpha value is -1.12. The van der Waals surface area contributed by atoms with Gasteiger partial charge < -0.3 is 0 Å². The first-order valence-corrected chi connectivity index (χ1v) is 3.68. The van der Waals surface area contributed by atoms with Crippen LogP contribution in [0.1, 0.15) is 19.3 Å². The molecule has 0 aliphatic carbocycles. The number of allylic oxidation sites excluding steroid dienone is 1. The van der Waals surface area contributed by atoms with Gasteiger partial charge in [-0.15, -0.1) is 6.58 Å². The van der Waals surface area contributed by atoms with Crippen molar-refractivity contribution in [3.8, 4) is 0 Å². The van der Waals surface area contributed by atoms with E-state index in [4.69, 9.17) is 0 Å². The molecule has 0 aromatic carbocycles. The molecule has 1 aliphatic heterocycles. The summed E-state index contributed by atoms with van der Waals surface area (Å²) in [6.45, 7) is 3.54. The molecular formula is C8H11NO2. The number of hydrogen-bond donors (Lipinski definition) is 1. The lowest BCUT2D eigenvalue weighted by Gasteiger charge is -2.18. The van der Waals surface area contributed by atoms with Gasteiger partial charge in [-0.1, -0.05) is 6.08 Å². The van der Waals surface area contributed by atoms with Crippen molar-refractivity contribution in [3.63, 3.8) is 0 Å². The molecule has 1 rings (SSSR count). The molecule has 1 fully saturated rings. The molecule has 0 bridgehead atoms. The Morgan fingerprint density at radius 3 is 2.91 bits per heavy atom. The maximum Gasteiger partial charge on any atom is 0.229 e. The van der Waals surface area contributed by atoms with E-state index in [1.54, 1.807) is 6.08 Å². The predicted octanol–water partition coefficient (Wildman–Crippen LogP) is 0.615. The Balaban J connectivity index is 2.50. The topological polar surface area (TPSA) is 46.2 Å². The summed E-state index contributed by atoms with van der Waals surface area (Å²) < 4.78 is 0. The van der Waals surface area contributed by atoms with Crippen molar-refractivity contribution in [2.24, 2.45) is 5.92 Å². The molecule has 3 heteroatoms. The van der Waals surface area contributed by atoms with Gasteiger partial charge in [-0.2, -0.15) is 0 Å². The lowest BCUT2D eigenvalue weighted by molar-refractivity contribution is -0.136. The highest BCUT2D eigenvalue weighted by Gasteiger charge is 2.24. The Morgan fingerprint density at radius 1 is 1.64 bits per heavy atom. The van der Waals surface area contributed by atoms with Crippen molar-refractivity contribution >= 4 is 11.8 Å². The van der Waals surface area contributed by atoms with Crippen LogP contribution in [0.2, 0.25) is 0 Å². The first kappa shape index (κ1) is 7.98. The number of amides is 2. The van der Waals surface area contributed by atoms with Crippen LogP contribution in [0.3, 0.4) is 0 Å². The van der Waals surface area contributed by atoms with Crippen LogP contribution in [0.4, 0.5) is 0 Å². The van der Waals surface area contributed by atoms with Gasteiger partial charge in [0.15, 0.2) is 0 Å². The van der Waals surface area contributed by atoms with Gasteiger partial charge in [0.2, 0.25) is 11.8 Å². The molecule has 0 aromatic heterocycles. The smallest absolute Gasteiger partial charge is 0.229 e. The summed E-state index contributed by atoms with van der Waals surface area (Å²) in [6.07, 6.45) is 3.50. The monoisotopic (exact) mass is 153 g/mol. The van der Waals surface area contributed by atoms with E-state index >= 15 is 0 Å². The third-order valence-corrected chi connectivity index (χ3v) is 1.80. The van der Waals surface area contributed by atoms with E-state index in [-0.39, 0.29) is 17.7 Å².